The second-order valence-corrected chi connectivity index (χ2v) is 35.8. The van der Waals surface area contributed by atoms with Crippen molar-refractivity contribution in [3.63, 3.8) is 0 Å². The lowest BCUT2D eigenvalue weighted by atomic mass is 10.1. The lowest BCUT2D eigenvalue weighted by Gasteiger charge is -2.26. The van der Waals surface area contributed by atoms with Gasteiger partial charge in [-0.05, 0) is 189 Å². The van der Waals surface area contributed by atoms with Crippen molar-refractivity contribution < 1.29 is 47.9 Å². The van der Waals surface area contributed by atoms with Gasteiger partial charge in [-0.15, -0.1) is 77.1 Å². The van der Waals surface area contributed by atoms with Crippen LogP contribution in [0.4, 0.5) is 83.4 Å². The third-order valence-corrected chi connectivity index (χ3v) is 26.2. The van der Waals surface area contributed by atoms with E-state index in [0.717, 1.165) is 84.9 Å². The predicted molar refractivity (Wildman–Crippen MR) is 518 cm³/mol. The number of primary amides is 5. The largest absolute Gasteiger partial charge is 0.364 e. The van der Waals surface area contributed by atoms with E-state index in [-0.39, 0.29) is 112 Å². The van der Waals surface area contributed by atoms with Crippen LogP contribution in [0.1, 0.15) is 119 Å². The molecule has 6 atom stereocenters. The molecule has 698 valence electrons. The summed E-state index contributed by atoms with van der Waals surface area (Å²) >= 11 is 7.50. The SMILES string of the molecule is C=CC(=O)N1CC[C@@H](N(C)c2cnc(C(N)=O)c(Nc3cc(C)cs3)n2)C1.C=CC(=O)N1CC[C@@H](N(C)c2nnc(C(N)=O)c(Nc3cc(C)cs3)n2)C1.C=CC(=O)N1CC[C@@H](Nc2cnc(C(N)=O)c(Nc3cc(C)cs3)n2)C1.C=CC(=O)N1CC[C@@H](Nc2cnc(C(N)=O)c(Nc3cc(C)cs3)n2)[C@H]1C.C=CC(=O)N1CC[C@@H](Nc2nnc(C(N)=O)c(Nc3cc(C)cs3)n2)C1. The Hall–Kier alpha value is -14.8. The first-order valence-electron chi connectivity index (χ1n) is 41.6. The molecular weight excluding hydrogens is 1800 g/mol. The van der Waals surface area contributed by atoms with Crippen LogP contribution in [0.15, 0.2) is 139 Å². The number of amides is 10. The van der Waals surface area contributed by atoms with Gasteiger partial charge in [-0.2, -0.15) is 9.97 Å². The van der Waals surface area contributed by atoms with E-state index in [1.54, 1.807) is 24.5 Å². The average Bonchev–Trinajstić information content (AvgIpc) is 1.48. The molecular formula is C86H104N32O10S5. The van der Waals surface area contributed by atoms with Crippen molar-refractivity contribution in [2.24, 2.45) is 28.7 Å². The van der Waals surface area contributed by atoms with Gasteiger partial charge in [0.2, 0.25) is 41.4 Å². The zero-order valence-corrected chi connectivity index (χ0v) is 78.4. The first kappa shape index (κ1) is 98.7. The molecule has 0 saturated carbocycles. The normalized spacial score (nSPS) is 16.8. The summed E-state index contributed by atoms with van der Waals surface area (Å²) in [6.45, 7) is 35.0. The molecule has 47 heteroatoms. The number of hydrogen-bond acceptors (Lipinski definition) is 37. The Morgan fingerprint density at radius 3 is 1.11 bits per heavy atom. The van der Waals surface area contributed by atoms with Gasteiger partial charge in [0, 0.05) is 103 Å². The Morgan fingerprint density at radius 1 is 0.383 bits per heavy atom. The molecule has 5 aliphatic heterocycles. The Labute approximate surface area is 786 Å². The van der Waals surface area contributed by atoms with Crippen molar-refractivity contribution in [3.8, 4) is 0 Å². The number of nitrogens with one attached hydrogen (secondary N) is 8. The van der Waals surface area contributed by atoms with E-state index in [9.17, 15) is 47.9 Å². The minimum Gasteiger partial charge on any atom is -0.364 e. The fourth-order valence-electron chi connectivity index (χ4n) is 14.4. The maximum atomic E-state index is 11.9. The highest BCUT2D eigenvalue weighted by molar-refractivity contribution is 7.15. The maximum Gasteiger partial charge on any atom is 0.273 e. The van der Waals surface area contributed by atoms with Crippen LogP contribution >= 0.6 is 56.7 Å². The number of likely N-dealkylation sites (tertiary alicyclic amines) is 5. The molecule has 0 spiro atoms. The monoisotopic (exact) mass is 1900 g/mol. The summed E-state index contributed by atoms with van der Waals surface area (Å²) in [5.41, 5.74) is 32.8. The van der Waals surface area contributed by atoms with Gasteiger partial charge in [0.15, 0.2) is 57.6 Å². The van der Waals surface area contributed by atoms with Gasteiger partial charge < -0.3 is 106 Å². The van der Waals surface area contributed by atoms with Crippen LogP contribution in [0.2, 0.25) is 0 Å². The van der Waals surface area contributed by atoms with Crippen LogP contribution in [0.25, 0.3) is 0 Å². The van der Waals surface area contributed by atoms with E-state index in [1.165, 1.54) is 106 Å². The van der Waals surface area contributed by atoms with Gasteiger partial charge in [-0.3, -0.25) is 47.9 Å². The van der Waals surface area contributed by atoms with Gasteiger partial charge in [0.25, 0.3) is 29.5 Å². The average molecular weight is 1910 g/mol. The molecule has 0 aromatic carbocycles. The molecule has 0 radical (unpaired) electrons. The van der Waals surface area contributed by atoms with Crippen molar-refractivity contribution in [2.75, 3.05) is 125 Å². The topological polar surface area (TPSA) is 574 Å². The number of carbonyl (C=O) groups is 10. The molecule has 15 heterocycles. The van der Waals surface area contributed by atoms with Crippen LogP contribution in [0, 0.1) is 34.6 Å². The number of hydrogen-bond donors (Lipinski definition) is 13. The number of nitrogens with two attached hydrogens (primary N) is 5. The number of aryl methyl sites for hydroxylation is 5. The molecule has 5 saturated heterocycles. The Kier molecular flexibility index (Phi) is 33.9. The lowest BCUT2D eigenvalue weighted by Crippen LogP contribution is -2.39. The Balaban J connectivity index is 0.000000160. The van der Waals surface area contributed by atoms with E-state index in [0.29, 0.717) is 99.8 Å². The molecule has 5 aliphatic rings. The molecule has 10 aromatic heterocycles. The second kappa shape index (κ2) is 45.6. The van der Waals surface area contributed by atoms with Gasteiger partial charge in [0.05, 0.1) is 49.6 Å². The standard InChI is InChI=1S/2C18H22N6O2S.C17H21N7O2S.C17H20N6O2S.C16H19N7O2S/c1-4-15(25)24-6-5-12(9-24)23(3)13-8-20-16(17(19)26)18(21-13)22-14-7-11(2)10-27-14;1-4-15(25)24-6-5-12(11(24)3)21-13-8-20-16(17(19)26)18(22-13)23-14-7-10(2)9-27-14;1-4-13(25)24-6-5-11(8-24)23(3)17-20-16(14(15(18)26)21-22-17)19-12-7-10(2)9-27-12;1-3-14(24)23-5-4-11(8-23)20-12-7-19-15(16(18)25)17(21-12)22-13-6-10(2)9-26-13;1-3-12(24)23-5-4-10(7-23)18-16-20-15(13(14(17)25)21-22-16)19-11-6-9(2)8-26-11/h4,7-8,10,12H,1,5-6,9H2,2-3H3,(H2,19,26)(H,21,22);4,7-9,11-12H,1,5-6H2,2-3H3,(H2,19,26)(H2,21,22,23);4,7,9,11H,1,5-6,8H2,2-3H3,(H2,18,26)(H,19,20,22);3,6-7,9,11H,1,4-5,8H2,2H3,(H2,18,25)(H2,20,21,22);3,6,8,10H,1,4-5,7H2,2H3,(H2,17,25)(H2,18,19,20,22)/t12-;11-,12-;2*11-;10-/m11111/s1. The molecule has 15 rings (SSSR count). The molecule has 0 aliphatic carbocycles. The van der Waals surface area contributed by atoms with Crippen LogP contribution in [0.5, 0.6) is 0 Å². The van der Waals surface area contributed by atoms with Crippen molar-refractivity contribution in [1.29, 1.82) is 0 Å². The minimum absolute atomic E-state index is 0.00281. The van der Waals surface area contributed by atoms with Gasteiger partial charge in [-0.25, -0.2) is 29.9 Å². The fraction of sp³-hybridized carbons (Fsp3) is 0.326. The molecule has 18 N–H and O–H groups in total. The number of carbonyl (C=O) groups excluding carboxylic acids is 10. The van der Waals surface area contributed by atoms with E-state index in [1.807, 2.05) is 123 Å². The lowest BCUT2D eigenvalue weighted by molar-refractivity contribution is -0.127. The zero-order valence-electron chi connectivity index (χ0n) is 74.3. The predicted octanol–water partition coefficient (Wildman–Crippen LogP) is 8.67. The van der Waals surface area contributed by atoms with E-state index in [2.05, 4.69) is 136 Å². The van der Waals surface area contributed by atoms with Crippen molar-refractivity contribution in [3.05, 3.63) is 195 Å². The number of likely N-dealkylation sites (N-methyl/N-ethyl adjacent to an activating group) is 2. The number of nitrogens with zero attached hydrogens (tertiary/aromatic N) is 19. The Bertz CT molecular complexity index is 5710. The highest BCUT2D eigenvalue weighted by Gasteiger charge is 2.36. The molecule has 133 heavy (non-hydrogen) atoms. The molecule has 0 bridgehead atoms. The Morgan fingerprint density at radius 2 is 0.722 bits per heavy atom. The van der Waals surface area contributed by atoms with Gasteiger partial charge in [0.1, 0.15) is 17.5 Å². The number of anilines is 15. The summed E-state index contributed by atoms with van der Waals surface area (Å²) < 4.78 is 0. The minimum atomic E-state index is -0.712. The van der Waals surface area contributed by atoms with Crippen molar-refractivity contribution in [1.82, 2.24) is 84.8 Å². The summed E-state index contributed by atoms with van der Waals surface area (Å²) in [6, 6.07) is 9.97. The van der Waals surface area contributed by atoms with E-state index >= 15 is 0 Å². The second-order valence-electron chi connectivity index (χ2n) is 31.2. The fourth-order valence-corrected chi connectivity index (χ4v) is 18.3. The summed E-state index contributed by atoms with van der Waals surface area (Å²) in [7, 11) is 3.74. The third-order valence-electron chi connectivity index (χ3n) is 21.3. The van der Waals surface area contributed by atoms with Crippen molar-refractivity contribution in [2.45, 2.75) is 110 Å². The quantitative estimate of drug-likeness (QED) is 0.0187. The van der Waals surface area contributed by atoms with Crippen LogP contribution in [0.3, 0.4) is 0 Å². The summed E-state index contributed by atoms with van der Waals surface area (Å²) in [5, 5.41) is 55.2. The molecule has 10 aromatic rings. The van der Waals surface area contributed by atoms with Crippen LogP contribution in [-0.2, 0) is 24.0 Å². The number of rotatable bonds is 30. The first-order valence-corrected chi connectivity index (χ1v) is 46.0. The van der Waals surface area contributed by atoms with Crippen LogP contribution in [-0.4, -0.2) is 253 Å². The van der Waals surface area contributed by atoms with Gasteiger partial charge >= 0.3 is 0 Å². The number of thiophene rings is 5. The zero-order chi connectivity index (χ0) is 96.0. The maximum absolute atomic E-state index is 11.9. The summed E-state index contributed by atoms with van der Waals surface area (Å²) in [6.07, 6.45) is 15.0. The van der Waals surface area contributed by atoms with E-state index in [4.69, 9.17) is 28.7 Å². The molecule has 5 fully saturated rings. The van der Waals surface area contributed by atoms with E-state index < -0.39 is 29.5 Å². The smallest absolute Gasteiger partial charge is 0.273 e. The molecule has 0 unspecified atom stereocenters. The highest BCUT2D eigenvalue weighted by atomic mass is 32.1. The van der Waals surface area contributed by atoms with Crippen molar-refractivity contribution >= 4 is 199 Å². The number of aromatic nitrogens is 12. The highest BCUT2D eigenvalue weighted by Crippen LogP contribution is 2.34. The summed E-state index contributed by atoms with van der Waals surface area (Å²) in [4.78, 5) is 164. The third kappa shape index (κ3) is 26.5. The first-order chi connectivity index (χ1) is 63.6. The summed E-state index contributed by atoms with van der Waals surface area (Å²) in [5.74, 6) is -0.0968. The molecule has 10 amide bonds. The van der Waals surface area contributed by atoms with Crippen LogP contribution < -0.4 is 81.0 Å². The van der Waals surface area contributed by atoms with Gasteiger partial charge in [-0.1, -0.05) is 32.9 Å². The molecule has 42 nitrogen and oxygen atoms in total.